The van der Waals surface area contributed by atoms with Gasteiger partial charge in [-0.3, -0.25) is 20.2 Å². The van der Waals surface area contributed by atoms with Gasteiger partial charge in [0.05, 0.1) is 9.80 Å². The Balaban J connectivity index is 1.84. The number of carbonyl (C=O) groups is 1. The molecule has 0 bridgehead atoms. The Kier molecular flexibility index (Phi) is 4.33. The van der Waals surface area contributed by atoms with Crippen molar-refractivity contribution in [3.63, 3.8) is 0 Å². The van der Waals surface area contributed by atoms with E-state index in [0.29, 0.717) is 5.01 Å². The monoisotopic (exact) mass is 366 g/mol. The lowest BCUT2D eigenvalue weighted by molar-refractivity contribution is -0.385. The van der Waals surface area contributed by atoms with Gasteiger partial charge in [-0.05, 0) is 23.6 Å². The number of halogens is 1. The number of hydrogen-bond donors (Lipinski definition) is 1. The van der Waals surface area contributed by atoms with E-state index < -0.39 is 10.8 Å². The largest absolute Gasteiger partial charge is 0.296 e. The molecule has 3 rings (SSSR count). The van der Waals surface area contributed by atoms with Gasteiger partial charge in [-0.15, -0.1) is 21.5 Å². The molecule has 0 radical (unpaired) electrons. The number of nitrogens with zero attached hydrogens (tertiary/aromatic N) is 3. The lowest BCUT2D eigenvalue weighted by Gasteiger charge is -2.02. The van der Waals surface area contributed by atoms with Crippen LogP contribution in [0.3, 0.4) is 0 Å². The van der Waals surface area contributed by atoms with Crippen molar-refractivity contribution >= 4 is 51.0 Å². The molecule has 116 valence electrons. The van der Waals surface area contributed by atoms with E-state index in [2.05, 4.69) is 15.5 Å². The summed E-state index contributed by atoms with van der Waals surface area (Å²) in [5.41, 5.74) is -0.453. The second kappa shape index (κ2) is 6.41. The lowest BCUT2D eigenvalue weighted by atomic mass is 10.1. The van der Waals surface area contributed by atoms with Gasteiger partial charge in [0.25, 0.3) is 11.6 Å². The summed E-state index contributed by atoms with van der Waals surface area (Å²) in [4.78, 5) is 23.5. The standard InChI is InChI=1S/C13H7ClN4O3S2/c14-7-3-4-8(9(6-7)18(20)21)11(19)15-13-17-16-12(23-13)10-2-1-5-22-10/h1-6H,(H,15,17,19). The highest BCUT2D eigenvalue weighted by Gasteiger charge is 2.21. The van der Waals surface area contributed by atoms with Gasteiger partial charge in [0.1, 0.15) is 5.56 Å². The van der Waals surface area contributed by atoms with E-state index in [0.717, 1.165) is 10.9 Å². The van der Waals surface area contributed by atoms with Crippen LogP contribution in [0.2, 0.25) is 5.02 Å². The second-order valence-electron chi connectivity index (χ2n) is 4.26. The van der Waals surface area contributed by atoms with Crippen LogP contribution in [-0.2, 0) is 0 Å². The fourth-order valence-electron chi connectivity index (χ4n) is 1.79. The summed E-state index contributed by atoms with van der Waals surface area (Å²) in [7, 11) is 0. The molecule has 0 saturated carbocycles. The highest BCUT2D eigenvalue weighted by molar-refractivity contribution is 7.23. The van der Waals surface area contributed by atoms with Crippen LogP contribution in [0.4, 0.5) is 10.8 Å². The molecule has 0 aliphatic rings. The van der Waals surface area contributed by atoms with Gasteiger partial charge in [-0.1, -0.05) is 29.0 Å². The molecule has 0 fully saturated rings. The third-order valence-electron chi connectivity index (χ3n) is 2.78. The average Bonchev–Trinajstić information content (AvgIpc) is 3.17. The summed E-state index contributed by atoms with van der Waals surface area (Å²) in [5, 5.41) is 24.4. The van der Waals surface area contributed by atoms with E-state index >= 15 is 0 Å². The van der Waals surface area contributed by atoms with Crippen LogP contribution in [0.25, 0.3) is 9.88 Å². The minimum Gasteiger partial charge on any atom is -0.296 e. The first-order valence-electron chi connectivity index (χ1n) is 6.17. The maximum atomic E-state index is 12.2. The maximum Gasteiger partial charge on any atom is 0.283 e. The molecule has 0 spiro atoms. The summed E-state index contributed by atoms with van der Waals surface area (Å²) < 4.78 is 0. The van der Waals surface area contributed by atoms with Gasteiger partial charge in [0.2, 0.25) is 5.13 Å². The fourth-order valence-corrected chi connectivity index (χ4v) is 3.48. The molecule has 23 heavy (non-hydrogen) atoms. The van der Waals surface area contributed by atoms with Gasteiger partial charge in [-0.2, -0.15) is 0 Å². The lowest BCUT2D eigenvalue weighted by Crippen LogP contribution is -2.13. The Bertz CT molecular complexity index is 879. The van der Waals surface area contributed by atoms with E-state index in [1.807, 2.05) is 17.5 Å². The van der Waals surface area contributed by atoms with E-state index in [4.69, 9.17) is 11.6 Å². The van der Waals surface area contributed by atoms with Crippen molar-refractivity contribution in [3.05, 3.63) is 56.4 Å². The summed E-state index contributed by atoms with van der Waals surface area (Å²) >= 11 is 8.43. The van der Waals surface area contributed by atoms with Crippen molar-refractivity contribution in [2.75, 3.05) is 5.32 Å². The fraction of sp³-hybridized carbons (Fsp3) is 0. The molecule has 3 aromatic rings. The van der Waals surface area contributed by atoms with Crippen LogP contribution in [0.5, 0.6) is 0 Å². The molecule has 0 atom stereocenters. The van der Waals surface area contributed by atoms with Crippen molar-refractivity contribution in [2.45, 2.75) is 0 Å². The number of hydrogen-bond acceptors (Lipinski definition) is 7. The molecule has 0 saturated heterocycles. The Labute approximate surface area is 142 Å². The SMILES string of the molecule is O=C(Nc1nnc(-c2cccs2)s1)c1ccc(Cl)cc1[N+](=O)[O-]. The number of nitrogens with one attached hydrogen (secondary N) is 1. The first-order valence-corrected chi connectivity index (χ1v) is 8.24. The molecule has 1 aromatic carbocycles. The molecule has 0 aliphatic carbocycles. The summed E-state index contributed by atoms with van der Waals surface area (Å²) in [5.74, 6) is -0.637. The Morgan fingerprint density at radius 3 is 2.83 bits per heavy atom. The predicted octanol–water partition coefficient (Wildman–Crippen LogP) is 4.08. The topological polar surface area (TPSA) is 98.0 Å². The van der Waals surface area contributed by atoms with Crippen molar-refractivity contribution in [1.82, 2.24) is 10.2 Å². The molecule has 2 heterocycles. The molecule has 2 aromatic heterocycles. The van der Waals surface area contributed by atoms with E-state index in [-0.39, 0.29) is 21.4 Å². The third kappa shape index (κ3) is 3.36. The number of aromatic nitrogens is 2. The number of nitro groups is 1. The molecule has 7 nitrogen and oxygen atoms in total. The van der Waals surface area contributed by atoms with Gasteiger partial charge in [-0.25, -0.2) is 0 Å². The zero-order chi connectivity index (χ0) is 16.4. The molecular weight excluding hydrogens is 360 g/mol. The number of thiophene rings is 1. The van der Waals surface area contributed by atoms with E-state index in [1.165, 1.54) is 34.8 Å². The zero-order valence-electron chi connectivity index (χ0n) is 11.2. The molecular formula is C13H7ClN4O3S2. The van der Waals surface area contributed by atoms with Crippen LogP contribution in [0, 0.1) is 10.1 Å². The number of amides is 1. The smallest absolute Gasteiger partial charge is 0.283 e. The summed E-state index contributed by atoms with van der Waals surface area (Å²) in [6.45, 7) is 0. The number of nitro benzene ring substituents is 1. The summed E-state index contributed by atoms with van der Waals surface area (Å²) in [6.07, 6.45) is 0. The predicted molar refractivity (Wildman–Crippen MR) is 89.3 cm³/mol. The van der Waals surface area contributed by atoms with E-state index in [1.54, 1.807) is 0 Å². The minimum absolute atomic E-state index is 0.0905. The van der Waals surface area contributed by atoms with Crippen molar-refractivity contribution in [2.24, 2.45) is 0 Å². The number of anilines is 1. The van der Waals surface area contributed by atoms with Crippen LogP contribution in [-0.4, -0.2) is 21.0 Å². The molecule has 0 unspecified atom stereocenters. The van der Waals surface area contributed by atoms with Gasteiger partial charge >= 0.3 is 0 Å². The molecule has 0 aliphatic heterocycles. The van der Waals surface area contributed by atoms with Crippen molar-refractivity contribution < 1.29 is 9.72 Å². The van der Waals surface area contributed by atoms with Crippen molar-refractivity contribution in [3.8, 4) is 9.88 Å². The molecule has 1 amide bonds. The minimum atomic E-state index is -0.655. The van der Waals surface area contributed by atoms with Crippen LogP contribution in [0.1, 0.15) is 10.4 Å². The Hall–Kier alpha value is -2.36. The van der Waals surface area contributed by atoms with Crippen molar-refractivity contribution in [1.29, 1.82) is 0 Å². The molecule has 10 heteroatoms. The first-order chi connectivity index (χ1) is 11.0. The first kappa shape index (κ1) is 15.5. The quantitative estimate of drug-likeness (QED) is 0.554. The Morgan fingerprint density at radius 1 is 1.30 bits per heavy atom. The number of carbonyl (C=O) groups excluding carboxylic acids is 1. The third-order valence-corrected chi connectivity index (χ3v) is 4.89. The van der Waals surface area contributed by atoms with Gasteiger partial charge in [0.15, 0.2) is 5.01 Å². The highest BCUT2D eigenvalue weighted by Crippen LogP contribution is 2.30. The second-order valence-corrected chi connectivity index (χ2v) is 6.62. The number of rotatable bonds is 4. The van der Waals surface area contributed by atoms with Gasteiger partial charge in [0, 0.05) is 11.1 Å². The van der Waals surface area contributed by atoms with E-state index in [9.17, 15) is 14.9 Å². The molecule has 1 N–H and O–H groups in total. The highest BCUT2D eigenvalue weighted by atomic mass is 35.5. The average molecular weight is 367 g/mol. The van der Waals surface area contributed by atoms with Crippen LogP contribution < -0.4 is 5.32 Å². The summed E-state index contributed by atoms with van der Waals surface area (Å²) in [6, 6.07) is 7.63. The van der Waals surface area contributed by atoms with Crippen LogP contribution >= 0.6 is 34.3 Å². The zero-order valence-corrected chi connectivity index (χ0v) is 13.6. The van der Waals surface area contributed by atoms with Gasteiger partial charge < -0.3 is 0 Å². The normalized spacial score (nSPS) is 10.5. The van der Waals surface area contributed by atoms with Crippen LogP contribution in [0.15, 0.2) is 35.7 Å². The number of benzene rings is 1. The maximum absolute atomic E-state index is 12.2. The Morgan fingerprint density at radius 2 is 2.13 bits per heavy atom.